The van der Waals surface area contributed by atoms with E-state index in [4.69, 9.17) is 9.72 Å². The summed E-state index contributed by atoms with van der Waals surface area (Å²) in [4.78, 5) is 21.7. The smallest absolute Gasteiger partial charge is 0.287 e. The van der Waals surface area contributed by atoms with Gasteiger partial charge < -0.3 is 4.74 Å². The fourth-order valence-corrected chi connectivity index (χ4v) is 4.73. The summed E-state index contributed by atoms with van der Waals surface area (Å²) in [5.41, 5.74) is 6.31. The molecular formula is C29H27N5O3S. The summed E-state index contributed by atoms with van der Waals surface area (Å²) in [6.45, 7) is 2.01. The fraction of sp³-hybridized carbons (Fsp3) is 0.172. The Bertz CT molecular complexity index is 1760. The van der Waals surface area contributed by atoms with Gasteiger partial charge in [-0.15, -0.1) is 0 Å². The molecule has 0 aliphatic rings. The Labute approximate surface area is 221 Å². The van der Waals surface area contributed by atoms with E-state index in [2.05, 4.69) is 14.4 Å². The SMILES string of the molecule is Cc1cccc2nc(COc3ccc(-c4nn(C)cc4-c4ccncc4)cc3)c(C(=O)N=S(C)(C)=O)cc12. The van der Waals surface area contributed by atoms with E-state index in [-0.39, 0.29) is 12.2 Å². The van der Waals surface area contributed by atoms with Gasteiger partial charge in [-0.25, -0.2) is 9.19 Å². The fourth-order valence-electron chi connectivity index (χ4n) is 4.23. The van der Waals surface area contributed by atoms with E-state index in [0.717, 1.165) is 38.9 Å². The summed E-state index contributed by atoms with van der Waals surface area (Å²) in [7, 11) is -0.733. The molecule has 0 aliphatic carbocycles. The first-order valence-electron chi connectivity index (χ1n) is 12.0. The van der Waals surface area contributed by atoms with Gasteiger partial charge in [0.25, 0.3) is 5.91 Å². The molecule has 38 heavy (non-hydrogen) atoms. The maximum Gasteiger partial charge on any atom is 0.287 e. The number of amides is 1. The van der Waals surface area contributed by atoms with E-state index in [9.17, 15) is 9.00 Å². The van der Waals surface area contributed by atoms with Crippen LogP contribution in [-0.4, -0.2) is 42.4 Å². The Morgan fingerprint density at radius 2 is 1.76 bits per heavy atom. The van der Waals surface area contributed by atoms with Crippen LogP contribution in [0.1, 0.15) is 21.6 Å². The first-order valence-corrected chi connectivity index (χ1v) is 14.3. The van der Waals surface area contributed by atoms with Crippen LogP contribution >= 0.6 is 0 Å². The van der Waals surface area contributed by atoms with E-state index in [0.29, 0.717) is 11.4 Å². The van der Waals surface area contributed by atoms with Crippen LogP contribution in [0.2, 0.25) is 0 Å². The third-order valence-corrected chi connectivity index (χ3v) is 6.62. The second kappa shape index (κ2) is 10.2. The molecule has 9 heteroatoms. The number of carbonyl (C=O) groups is 1. The van der Waals surface area contributed by atoms with Crippen molar-refractivity contribution in [2.45, 2.75) is 13.5 Å². The number of carbonyl (C=O) groups excluding carboxylic acids is 1. The minimum absolute atomic E-state index is 0.0558. The lowest BCUT2D eigenvalue weighted by Crippen LogP contribution is -2.10. The predicted octanol–water partition coefficient (Wildman–Crippen LogP) is 5.45. The van der Waals surface area contributed by atoms with Gasteiger partial charge in [-0.3, -0.25) is 14.5 Å². The van der Waals surface area contributed by atoms with E-state index in [1.54, 1.807) is 23.1 Å². The van der Waals surface area contributed by atoms with Gasteiger partial charge in [0.2, 0.25) is 0 Å². The van der Waals surface area contributed by atoms with Crippen molar-refractivity contribution >= 4 is 26.5 Å². The van der Waals surface area contributed by atoms with Gasteiger partial charge in [0, 0.05) is 64.4 Å². The van der Waals surface area contributed by atoms with Crippen molar-refractivity contribution in [1.29, 1.82) is 0 Å². The van der Waals surface area contributed by atoms with Crippen LogP contribution < -0.4 is 4.74 Å². The summed E-state index contributed by atoms with van der Waals surface area (Å²) in [6, 6.07) is 19.1. The van der Waals surface area contributed by atoms with Crippen LogP contribution in [-0.2, 0) is 23.4 Å². The van der Waals surface area contributed by atoms with Crippen LogP contribution in [0.4, 0.5) is 0 Å². The Morgan fingerprint density at radius 3 is 2.47 bits per heavy atom. The lowest BCUT2D eigenvalue weighted by molar-refractivity contribution is 0.100. The molecule has 0 N–H and O–H groups in total. The number of benzene rings is 2. The van der Waals surface area contributed by atoms with Crippen LogP contribution in [0, 0.1) is 6.92 Å². The second-order valence-corrected chi connectivity index (χ2v) is 11.9. The molecule has 0 unspecified atom stereocenters. The Balaban J connectivity index is 1.44. The zero-order valence-electron chi connectivity index (χ0n) is 21.6. The molecule has 0 aliphatic heterocycles. The number of hydrogen-bond acceptors (Lipinski definition) is 6. The summed E-state index contributed by atoms with van der Waals surface area (Å²) in [6.07, 6.45) is 8.37. The number of nitrogens with zero attached hydrogens (tertiary/aromatic N) is 5. The second-order valence-electron chi connectivity index (χ2n) is 9.32. The zero-order valence-corrected chi connectivity index (χ0v) is 22.4. The minimum atomic E-state index is -2.63. The number of hydrogen-bond donors (Lipinski definition) is 0. The average Bonchev–Trinajstić information content (AvgIpc) is 3.28. The van der Waals surface area contributed by atoms with Gasteiger partial charge in [0.15, 0.2) is 0 Å². The Morgan fingerprint density at radius 1 is 1.03 bits per heavy atom. The largest absolute Gasteiger partial charge is 0.487 e. The monoisotopic (exact) mass is 525 g/mol. The van der Waals surface area contributed by atoms with E-state index in [1.807, 2.05) is 74.8 Å². The Kier molecular flexibility index (Phi) is 6.77. The molecule has 0 spiro atoms. The molecule has 0 saturated carbocycles. The molecule has 0 fully saturated rings. The van der Waals surface area contributed by atoms with Gasteiger partial charge in [-0.05, 0) is 66.6 Å². The molecule has 0 radical (unpaired) electrons. The summed E-state index contributed by atoms with van der Waals surface area (Å²) in [5.74, 6) is 0.0526. The number of ether oxygens (including phenoxy) is 1. The van der Waals surface area contributed by atoms with Crippen molar-refractivity contribution in [3.63, 3.8) is 0 Å². The number of aromatic nitrogens is 4. The average molecular weight is 526 g/mol. The molecular weight excluding hydrogens is 498 g/mol. The maximum absolute atomic E-state index is 12.9. The molecule has 0 bridgehead atoms. The molecule has 3 aromatic heterocycles. The summed E-state index contributed by atoms with van der Waals surface area (Å²) < 4.78 is 23.9. The lowest BCUT2D eigenvalue weighted by Gasteiger charge is -2.12. The van der Waals surface area contributed by atoms with Crippen molar-refractivity contribution in [2.24, 2.45) is 11.4 Å². The first-order chi connectivity index (χ1) is 18.2. The normalized spacial score (nSPS) is 11.5. The van der Waals surface area contributed by atoms with Gasteiger partial charge in [-0.1, -0.05) is 12.1 Å². The third-order valence-electron chi connectivity index (χ3n) is 6.01. The van der Waals surface area contributed by atoms with E-state index in [1.165, 1.54) is 12.5 Å². The van der Waals surface area contributed by atoms with Crippen LogP contribution in [0.25, 0.3) is 33.3 Å². The molecule has 5 aromatic rings. The van der Waals surface area contributed by atoms with Crippen LogP contribution in [0.5, 0.6) is 5.75 Å². The molecule has 0 atom stereocenters. The lowest BCUT2D eigenvalue weighted by atomic mass is 10.0. The molecule has 8 nitrogen and oxygen atoms in total. The zero-order chi connectivity index (χ0) is 26.9. The van der Waals surface area contributed by atoms with Crippen molar-refractivity contribution < 1.29 is 13.7 Å². The number of pyridine rings is 2. The maximum atomic E-state index is 12.9. The molecule has 1 amide bonds. The van der Waals surface area contributed by atoms with E-state index < -0.39 is 15.6 Å². The van der Waals surface area contributed by atoms with Gasteiger partial charge >= 0.3 is 0 Å². The quantitative estimate of drug-likeness (QED) is 0.292. The van der Waals surface area contributed by atoms with Crippen LogP contribution in [0.3, 0.4) is 0 Å². The van der Waals surface area contributed by atoms with Gasteiger partial charge in [0.05, 0.1) is 16.8 Å². The summed E-state index contributed by atoms with van der Waals surface area (Å²) >= 11 is 0. The topological polar surface area (TPSA) is 99.3 Å². The van der Waals surface area contributed by atoms with Crippen molar-refractivity contribution in [2.75, 3.05) is 12.5 Å². The van der Waals surface area contributed by atoms with Crippen LogP contribution in [0.15, 0.2) is 83.6 Å². The molecule has 2 aromatic carbocycles. The Hall–Kier alpha value is -4.37. The highest BCUT2D eigenvalue weighted by atomic mass is 32.2. The highest BCUT2D eigenvalue weighted by Crippen LogP contribution is 2.31. The molecule has 5 rings (SSSR count). The molecule has 192 valence electrons. The number of rotatable bonds is 6. The number of aryl methyl sites for hydroxylation is 2. The summed E-state index contributed by atoms with van der Waals surface area (Å²) in [5, 5.41) is 5.50. The molecule has 3 heterocycles. The molecule has 0 saturated heterocycles. The third kappa shape index (κ3) is 5.47. The van der Waals surface area contributed by atoms with E-state index >= 15 is 0 Å². The van der Waals surface area contributed by atoms with Crippen molar-refractivity contribution in [3.05, 3.63) is 96.1 Å². The highest BCUT2D eigenvalue weighted by molar-refractivity contribution is 7.92. The standard InChI is InChI=1S/C29H27N5O3S/c1-19-6-5-7-26-23(19)16-24(29(35)33-38(3,4)36)27(31-26)18-37-22-10-8-21(9-11-22)28-25(17-34(2)32-28)20-12-14-30-15-13-20/h5-17H,18H2,1-4H3. The van der Waals surface area contributed by atoms with Gasteiger partial charge in [-0.2, -0.15) is 9.46 Å². The number of fused-ring (bicyclic) bond motifs is 1. The van der Waals surface area contributed by atoms with Crippen molar-refractivity contribution in [3.8, 4) is 28.1 Å². The minimum Gasteiger partial charge on any atom is -0.487 e. The predicted molar refractivity (Wildman–Crippen MR) is 149 cm³/mol. The van der Waals surface area contributed by atoms with Gasteiger partial charge in [0.1, 0.15) is 18.1 Å². The first kappa shape index (κ1) is 25.3. The van der Waals surface area contributed by atoms with Crippen molar-refractivity contribution in [1.82, 2.24) is 19.7 Å². The highest BCUT2D eigenvalue weighted by Gasteiger charge is 2.17.